The predicted octanol–water partition coefficient (Wildman–Crippen LogP) is 3.18. The minimum Gasteiger partial charge on any atom is -0.423 e. The zero-order valence-corrected chi connectivity index (χ0v) is 13.9. The molecule has 0 radical (unpaired) electrons. The molecule has 0 fully saturated rings. The van der Waals surface area contributed by atoms with Crippen molar-refractivity contribution in [2.45, 2.75) is 34.2 Å². The number of aryl methyl sites for hydroxylation is 3. The van der Waals surface area contributed by atoms with Crippen LogP contribution in [0.25, 0.3) is 11.0 Å². The third-order valence-electron chi connectivity index (χ3n) is 4.29. The predicted molar refractivity (Wildman–Crippen MR) is 89.4 cm³/mol. The maximum atomic E-state index is 11.9. The fourth-order valence-electron chi connectivity index (χ4n) is 2.88. The van der Waals surface area contributed by atoms with Crippen LogP contribution in [-0.2, 0) is 6.54 Å². The van der Waals surface area contributed by atoms with Crippen LogP contribution in [0.2, 0.25) is 0 Å². The van der Waals surface area contributed by atoms with Crippen molar-refractivity contribution in [3.63, 3.8) is 0 Å². The number of benzene rings is 1. The number of hydrogen-bond donors (Lipinski definition) is 0. The molecule has 24 heavy (non-hydrogen) atoms. The molecule has 0 atom stereocenters. The third-order valence-corrected chi connectivity index (χ3v) is 4.29. The Bertz CT molecular complexity index is 1030. The summed E-state index contributed by atoms with van der Waals surface area (Å²) in [5.41, 5.74) is 3.73. The van der Waals surface area contributed by atoms with Gasteiger partial charge in [0.2, 0.25) is 0 Å². The first-order valence-corrected chi connectivity index (χ1v) is 7.50. The number of nitrogens with zero attached hydrogens (tertiary/aromatic N) is 3. The van der Waals surface area contributed by atoms with E-state index >= 15 is 0 Å². The SMILES string of the molecule is Cc1cc2oc(=O)cc(Cn3nc(C)c([N+](=O)[O-])c3C)c2cc1C. The summed E-state index contributed by atoms with van der Waals surface area (Å²) in [6.45, 7) is 7.46. The van der Waals surface area contributed by atoms with E-state index in [2.05, 4.69) is 5.10 Å². The summed E-state index contributed by atoms with van der Waals surface area (Å²) < 4.78 is 6.83. The lowest BCUT2D eigenvalue weighted by molar-refractivity contribution is -0.386. The average molecular weight is 327 g/mol. The van der Waals surface area contributed by atoms with Gasteiger partial charge in [0.15, 0.2) is 0 Å². The van der Waals surface area contributed by atoms with Gasteiger partial charge in [0.25, 0.3) is 0 Å². The molecule has 0 aliphatic heterocycles. The van der Waals surface area contributed by atoms with Gasteiger partial charge in [0, 0.05) is 11.5 Å². The Morgan fingerprint density at radius 2 is 1.83 bits per heavy atom. The van der Waals surface area contributed by atoms with Gasteiger partial charge in [0.05, 0.1) is 11.5 Å². The van der Waals surface area contributed by atoms with Crippen LogP contribution in [0.4, 0.5) is 5.69 Å². The Balaban J connectivity index is 2.18. The summed E-state index contributed by atoms with van der Waals surface area (Å²) >= 11 is 0. The van der Waals surface area contributed by atoms with Gasteiger partial charge in [-0.3, -0.25) is 14.8 Å². The van der Waals surface area contributed by atoms with E-state index in [4.69, 9.17) is 4.42 Å². The number of rotatable bonds is 3. The second-order valence-corrected chi connectivity index (χ2v) is 5.96. The summed E-state index contributed by atoms with van der Waals surface area (Å²) in [7, 11) is 0. The quantitative estimate of drug-likeness (QED) is 0.418. The standard InChI is InChI=1S/C17H17N3O4/c1-9-5-14-13(7-16(21)24-15(14)6-10(9)2)8-19-12(4)17(20(22)23)11(3)18-19/h5-7H,8H2,1-4H3. The molecule has 0 unspecified atom stereocenters. The Morgan fingerprint density at radius 1 is 1.17 bits per heavy atom. The minimum absolute atomic E-state index is 0.00861. The van der Waals surface area contributed by atoms with Crippen molar-refractivity contribution >= 4 is 16.7 Å². The second kappa shape index (κ2) is 5.59. The van der Waals surface area contributed by atoms with E-state index in [0.717, 1.165) is 22.1 Å². The summed E-state index contributed by atoms with van der Waals surface area (Å²) in [6, 6.07) is 5.21. The number of aromatic nitrogens is 2. The number of nitro groups is 1. The molecule has 7 nitrogen and oxygen atoms in total. The van der Waals surface area contributed by atoms with Crippen LogP contribution >= 0.6 is 0 Å². The van der Waals surface area contributed by atoms with E-state index in [1.807, 2.05) is 26.0 Å². The van der Waals surface area contributed by atoms with Crippen LogP contribution in [0.1, 0.15) is 28.1 Å². The van der Waals surface area contributed by atoms with Gasteiger partial charge in [-0.15, -0.1) is 0 Å². The van der Waals surface area contributed by atoms with Gasteiger partial charge in [0.1, 0.15) is 17.0 Å². The van der Waals surface area contributed by atoms with Crippen molar-refractivity contribution in [2.24, 2.45) is 0 Å². The lowest BCUT2D eigenvalue weighted by Crippen LogP contribution is -2.09. The molecule has 1 aromatic carbocycles. The summed E-state index contributed by atoms with van der Waals surface area (Å²) in [5.74, 6) is 0. The van der Waals surface area contributed by atoms with Gasteiger partial charge in [-0.2, -0.15) is 5.10 Å². The molecule has 3 aromatic rings. The maximum Gasteiger partial charge on any atom is 0.336 e. The molecule has 124 valence electrons. The molecule has 0 amide bonds. The Kier molecular flexibility index (Phi) is 3.71. The molecule has 0 saturated heterocycles. The highest BCUT2D eigenvalue weighted by molar-refractivity contribution is 5.81. The molecular weight excluding hydrogens is 310 g/mol. The van der Waals surface area contributed by atoms with Gasteiger partial charge in [-0.05, 0) is 56.5 Å². The van der Waals surface area contributed by atoms with E-state index in [1.165, 1.54) is 6.07 Å². The van der Waals surface area contributed by atoms with Crippen molar-refractivity contribution in [1.82, 2.24) is 9.78 Å². The van der Waals surface area contributed by atoms with Crippen LogP contribution in [0.3, 0.4) is 0 Å². The Labute approximate surface area is 137 Å². The highest BCUT2D eigenvalue weighted by Gasteiger charge is 2.22. The molecule has 0 bridgehead atoms. The summed E-state index contributed by atoms with van der Waals surface area (Å²) in [6.07, 6.45) is 0. The molecule has 7 heteroatoms. The van der Waals surface area contributed by atoms with Crippen molar-refractivity contribution < 1.29 is 9.34 Å². The van der Waals surface area contributed by atoms with Gasteiger partial charge >= 0.3 is 11.3 Å². The normalized spacial score (nSPS) is 11.2. The molecule has 3 rings (SSSR count). The molecule has 0 N–H and O–H groups in total. The van der Waals surface area contributed by atoms with Crippen LogP contribution in [-0.4, -0.2) is 14.7 Å². The Hall–Kier alpha value is -2.96. The average Bonchev–Trinajstić information content (AvgIpc) is 2.75. The van der Waals surface area contributed by atoms with Crippen LogP contribution in [0, 0.1) is 37.8 Å². The number of fused-ring (bicyclic) bond motifs is 1. The highest BCUT2D eigenvalue weighted by atomic mass is 16.6. The van der Waals surface area contributed by atoms with Crippen molar-refractivity contribution in [3.8, 4) is 0 Å². The molecule has 0 aliphatic carbocycles. The van der Waals surface area contributed by atoms with E-state index < -0.39 is 10.5 Å². The topological polar surface area (TPSA) is 91.2 Å². The monoisotopic (exact) mass is 327 g/mol. The zero-order valence-electron chi connectivity index (χ0n) is 13.9. The van der Waals surface area contributed by atoms with Crippen molar-refractivity contribution in [3.05, 3.63) is 66.8 Å². The first kappa shape index (κ1) is 15.9. The van der Waals surface area contributed by atoms with Crippen molar-refractivity contribution in [2.75, 3.05) is 0 Å². The fraction of sp³-hybridized carbons (Fsp3) is 0.294. The second-order valence-electron chi connectivity index (χ2n) is 5.96. The van der Waals surface area contributed by atoms with E-state index in [1.54, 1.807) is 18.5 Å². The summed E-state index contributed by atoms with van der Waals surface area (Å²) in [4.78, 5) is 22.6. The van der Waals surface area contributed by atoms with Crippen LogP contribution < -0.4 is 5.63 Å². The van der Waals surface area contributed by atoms with Gasteiger partial charge in [-0.1, -0.05) is 0 Å². The molecule has 2 heterocycles. The minimum atomic E-state index is -0.447. The lowest BCUT2D eigenvalue weighted by Gasteiger charge is -2.09. The van der Waals surface area contributed by atoms with E-state index in [-0.39, 0.29) is 12.2 Å². The van der Waals surface area contributed by atoms with E-state index in [0.29, 0.717) is 17.0 Å². The highest BCUT2D eigenvalue weighted by Crippen LogP contribution is 2.25. The molecule has 0 spiro atoms. The molecular formula is C17H17N3O4. The smallest absolute Gasteiger partial charge is 0.336 e. The lowest BCUT2D eigenvalue weighted by atomic mass is 10.0. The fourth-order valence-corrected chi connectivity index (χ4v) is 2.88. The summed E-state index contributed by atoms with van der Waals surface area (Å²) in [5, 5.41) is 16.2. The van der Waals surface area contributed by atoms with Gasteiger partial charge < -0.3 is 4.42 Å². The third kappa shape index (κ3) is 2.58. The maximum absolute atomic E-state index is 11.9. The largest absolute Gasteiger partial charge is 0.423 e. The van der Waals surface area contributed by atoms with Crippen LogP contribution in [0.15, 0.2) is 27.4 Å². The molecule has 0 saturated carbocycles. The molecule has 2 aromatic heterocycles. The Morgan fingerprint density at radius 3 is 2.46 bits per heavy atom. The first-order valence-electron chi connectivity index (χ1n) is 7.50. The first-order chi connectivity index (χ1) is 11.3. The zero-order chi connectivity index (χ0) is 17.6. The molecule has 0 aliphatic rings. The van der Waals surface area contributed by atoms with Crippen molar-refractivity contribution in [1.29, 1.82) is 0 Å². The number of hydrogen-bond acceptors (Lipinski definition) is 5. The van der Waals surface area contributed by atoms with E-state index in [9.17, 15) is 14.9 Å². The van der Waals surface area contributed by atoms with Gasteiger partial charge in [-0.25, -0.2) is 4.79 Å². The van der Waals surface area contributed by atoms with Crippen LogP contribution in [0.5, 0.6) is 0 Å².